The Labute approximate surface area is 145 Å². The highest BCUT2D eigenvalue weighted by Gasteiger charge is 2.18. The number of pyridine rings is 1. The van der Waals surface area contributed by atoms with Crippen molar-refractivity contribution in [2.24, 2.45) is 0 Å². The quantitative estimate of drug-likeness (QED) is 0.456. The largest absolute Gasteiger partial charge is 0.296 e. The normalized spacial score (nSPS) is 11.3. The van der Waals surface area contributed by atoms with Crippen molar-refractivity contribution in [3.63, 3.8) is 0 Å². The van der Waals surface area contributed by atoms with E-state index in [0.29, 0.717) is 5.02 Å². The van der Waals surface area contributed by atoms with Crippen LogP contribution in [-0.4, -0.2) is 9.55 Å². The molecule has 0 fully saturated rings. The van der Waals surface area contributed by atoms with Crippen LogP contribution in [0.1, 0.15) is 17.0 Å². The van der Waals surface area contributed by atoms with Gasteiger partial charge in [-0.05, 0) is 82.5 Å². The second-order valence-corrected chi connectivity index (χ2v) is 7.23. The second-order valence-electron chi connectivity index (χ2n) is 5.09. The number of hydrogen-bond donors (Lipinski definition) is 0. The van der Waals surface area contributed by atoms with Gasteiger partial charge in [-0.25, -0.2) is 4.98 Å². The number of benzene rings is 1. The zero-order valence-electron chi connectivity index (χ0n) is 11.8. The molecule has 2 heterocycles. The van der Waals surface area contributed by atoms with Gasteiger partial charge >= 0.3 is 0 Å². The highest BCUT2D eigenvalue weighted by atomic mass is 79.9. The molecular formula is C16H13Br2ClN2. The maximum Gasteiger partial charge on any atom is 0.145 e. The first-order valence-corrected chi connectivity index (χ1v) is 8.46. The number of hydrogen-bond acceptors (Lipinski definition) is 1. The van der Waals surface area contributed by atoms with Gasteiger partial charge in [0.2, 0.25) is 0 Å². The average Bonchev–Trinajstić information content (AvgIpc) is 2.62. The lowest BCUT2D eigenvalue weighted by molar-refractivity contribution is 1.00. The molecule has 0 aliphatic heterocycles. The maximum atomic E-state index is 6.11. The third kappa shape index (κ3) is 2.43. The zero-order valence-corrected chi connectivity index (χ0v) is 15.8. The van der Waals surface area contributed by atoms with E-state index in [2.05, 4.69) is 56.3 Å². The van der Waals surface area contributed by atoms with Crippen LogP contribution in [0.2, 0.25) is 5.02 Å². The summed E-state index contributed by atoms with van der Waals surface area (Å²) in [4.78, 5) is 4.73. The molecule has 0 aliphatic rings. The number of rotatable bonds is 1. The predicted molar refractivity (Wildman–Crippen MR) is 95.7 cm³/mol. The number of aryl methyl sites for hydroxylation is 2. The number of fused-ring (bicyclic) bond motifs is 1. The molecule has 108 valence electrons. The zero-order chi connectivity index (χ0) is 15.3. The Morgan fingerprint density at radius 1 is 1.05 bits per heavy atom. The van der Waals surface area contributed by atoms with Crippen LogP contribution in [0, 0.1) is 20.8 Å². The molecule has 3 aromatic rings. The van der Waals surface area contributed by atoms with E-state index >= 15 is 0 Å². The van der Waals surface area contributed by atoms with Crippen LogP contribution >= 0.6 is 43.5 Å². The standard InChI is InChI=1S/C16H13Br2ClN2/c1-8-4-5-12-9(2)10(3)21(16(12)20-8)15-13(17)6-11(19)7-14(15)18/h4-7H,1-3H3. The number of nitrogens with zero attached hydrogens (tertiary/aromatic N) is 2. The van der Waals surface area contributed by atoms with Gasteiger partial charge in [0.05, 0.1) is 5.69 Å². The van der Waals surface area contributed by atoms with Crippen molar-refractivity contribution in [2.75, 3.05) is 0 Å². The molecule has 2 nitrogen and oxygen atoms in total. The molecule has 0 aliphatic carbocycles. The van der Waals surface area contributed by atoms with Crippen LogP contribution in [0.5, 0.6) is 0 Å². The van der Waals surface area contributed by atoms with E-state index in [1.807, 2.05) is 25.1 Å². The Morgan fingerprint density at radius 2 is 1.67 bits per heavy atom. The van der Waals surface area contributed by atoms with Crippen molar-refractivity contribution in [1.82, 2.24) is 9.55 Å². The Bertz CT molecular complexity index is 845. The predicted octanol–water partition coefficient (Wildman–Crippen LogP) is 6.13. The molecule has 0 atom stereocenters. The van der Waals surface area contributed by atoms with Crippen LogP contribution < -0.4 is 0 Å². The lowest BCUT2D eigenvalue weighted by atomic mass is 10.2. The van der Waals surface area contributed by atoms with Crippen molar-refractivity contribution in [3.05, 3.63) is 55.2 Å². The highest BCUT2D eigenvalue weighted by molar-refractivity contribution is 9.11. The topological polar surface area (TPSA) is 17.8 Å². The molecule has 0 N–H and O–H groups in total. The summed E-state index contributed by atoms with van der Waals surface area (Å²) >= 11 is 13.4. The monoisotopic (exact) mass is 426 g/mol. The summed E-state index contributed by atoms with van der Waals surface area (Å²) in [5, 5.41) is 1.86. The van der Waals surface area contributed by atoms with Crippen LogP contribution in [0.3, 0.4) is 0 Å². The van der Waals surface area contributed by atoms with Gasteiger partial charge in [-0.2, -0.15) is 0 Å². The first-order chi connectivity index (χ1) is 9.90. The molecule has 5 heteroatoms. The van der Waals surface area contributed by atoms with E-state index in [1.165, 1.54) is 16.6 Å². The SMILES string of the molecule is Cc1ccc2c(C)c(C)n(-c3c(Br)cc(Cl)cc3Br)c2n1. The molecule has 0 saturated heterocycles. The minimum Gasteiger partial charge on any atom is -0.296 e. The van der Waals surface area contributed by atoms with Crippen LogP contribution in [0.15, 0.2) is 33.2 Å². The highest BCUT2D eigenvalue weighted by Crippen LogP contribution is 2.37. The summed E-state index contributed by atoms with van der Waals surface area (Å²) in [6, 6.07) is 7.98. The van der Waals surface area contributed by atoms with Crippen LogP contribution in [0.4, 0.5) is 0 Å². The molecule has 0 amide bonds. The second kappa shape index (κ2) is 5.41. The van der Waals surface area contributed by atoms with Crippen LogP contribution in [0.25, 0.3) is 16.7 Å². The van der Waals surface area contributed by atoms with Gasteiger partial charge in [-0.1, -0.05) is 11.6 Å². The molecule has 3 rings (SSSR count). The summed E-state index contributed by atoms with van der Waals surface area (Å²) in [6.45, 7) is 6.25. The van der Waals surface area contributed by atoms with Gasteiger partial charge in [0.1, 0.15) is 5.65 Å². The third-order valence-electron chi connectivity index (χ3n) is 3.71. The van der Waals surface area contributed by atoms with E-state index in [0.717, 1.165) is 26.0 Å². The molecule has 0 radical (unpaired) electrons. The van der Waals surface area contributed by atoms with Crippen molar-refractivity contribution in [3.8, 4) is 5.69 Å². The summed E-state index contributed by atoms with van der Waals surface area (Å²) in [5.74, 6) is 0. The number of halogens is 3. The van der Waals surface area contributed by atoms with E-state index in [1.54, 1.807) is 0 Å². The minimum atomic E-state index is 0.687. The maximum absolute atomic E-state index is 6.11. The number of aromatic nitrogens is 2. The molecule has 0 bridgehead atoms. The average molecular weight is 429 g/mol. The fourth-order valence-electron chi connectivity index (χ4n) is 2.55. The molecule has 1 aromatic carbocycles. The summed E-state index contributed by atoms with van der Waals surface area (Å²) in [6.07, 6.45) is 0. The van der Waals surface area contributed by atoms with E-state index in [9.17, 15) is 0 Å². The summed E-state index contributed by atoms with van der Waals surface area (Å²) in [5.41, 5.74) is 5.40. The molecule has 21 heavy (non-hydrogen) atoms. The molecule has 2 aromatic heterocycles. The van der Waals surface area contributed by atoms with Gasteiger partial charge in [0.15, 0.2) is 0 Å². The van der Waals surface area contributed by atoms with E-state index in [-0.39, 0.29) is 0 Å². The van der Waals surface area contributed by atoms with Crippen molar-refractivity contribution in [1.29, 1.82) is 0 Å². The molecular weight excluding hydrogens is 415 g/mol. The fourth-order valence-corrected chi connectivity index (χ4v) is 4.57. The Hall–Kier alpha value is -0.840. The lowest BCUT2D eigenvalue weighted by Gasteiger charge is -2.13. The van der Waals surface area contributed by atoms with Gasteiger partial charge < -0.3 is 0 Å². The molecule has 0 saturated carbocycles. The van der Waals surface area contributed by atoms with Gasteiger partial charge in [-0.15, -0.1) is 0 Å². The summed E-state index contributed by atoms with van der Waals surface area (Å²) in [7, 11) is 0. The Balaban J connectivity index is 2.46. The van der Waals surface area contributed by atoms with Crippen molar-refractivity contribution in [2.45, 2.75) is 20.8 Å². The third-order valence-corrected chi connectivity index (χ3v) is 5.14. The fraction of sp³-hybridized carbons (Fsp3) is 0.188. The molecule has 0 unspecified atom stereocenters. The first-order valence-electron chi connectivity index (χ1n) is 6.50. The van der Waals surface area contributed by atoms with Gasteiger partial charge in [0.25, 0.3) is 0 Å². The lowest BCUT2D eigenvalue weighted by Crippen LogP contribution is -2.01. The van der Waals surface area contributed by atoms with Gasteiger partial charge in [-0.3, -0.25) is 4.57 Å². The Kier molecular flexibility index (Phi) is 3.89. The van der Waals surface area contributed by atoms with Crippen LogP contribution in [-0.2, 0) is 0 Å². The summed E-state index contributed by atoms with van der Waals surface area (Å²) < 4.78 is 4.04. The van der Waals surface area contributed by atoms with Gasteiger partial charge in [0, 0.05) is 30.7 Å². The van der Waals surface area contributed by atoms with Crippen molar-refractivity contribution < 1.29 is 0 Å². The smallest absolute Gasteiger partial charge is 0.145 e. The van der Waals surface area contributed by atoms with E-state index in [4.69, 9.17) is 16.6 Å². The first kappa shape index (κ1) is 15.1. The van der Waals surface area contributed by atoms with E-state index < -0.39 is 0 Å². The van der Waals surface area contributed by atoms with Crippen molar-refractivity contribution >= 4 is 54.5 Å². The minimum absolute atomic E-state index is 0.687. The Morgan fingerprint density at radius 3 is 2.29 bits per heavy atom. The molecule has 0 spiro atoms.